The normalized spacial score (nSPS) is 12.9. The third-order valence-corrected chi connectivity index (χ3v) is 2.67. The summed E-state index contributed by atoms with van der Waals surface area (Å²) in [7, 11) is 1.69. The standard InChI is InChI=1S/C15H25NO2/c1-12(2)16-9-14-5-7-15(8-6-14)11-18-13(3)10-17-4/h5-8,12-13,16H,9-11H2,1-4H3. The molecule has 102 valence electrons. The van der Waals surface area contributed by atoms with Gasteiger partial charge in [0.2, 0.25) is 0 Å². The first-order chi connectivity index (χ1) is 8.61. The fraction of sp³-hybridized carbons (Fsp3) is 0.600. The molecule has 0 aliphatic carbocycles. The molecule has 0 bridgehead atoms. The van der Waals surface area contributed by atoms with E-state index in [1.165, 1.54) is 11.1 Å². The van der Waals surface area contributed by atoms with Crippen LogP contribution in [0.2, 0.25) is 0 Å². The molecule has 0 heterocycles. The lowest BCUT2D eigenvalue weighted by molar-refractivity contribution is -0.000129. The minimum Gasteiger partial charge on any atom is -0.382 e. The summed E-state index contributed by atoms with van der Waals surface area (Å²) in [5, 5.41) is 3.40. The SMILES string of the molecule is COCC(C)OCc1ccc(CNC(C)C)cc1. The van der Waals surface area contributed by atoms with Crippen LogP contribution in [0.3, 0.4) is 0 Å². The van der Waals surface area contributed by atoms with Gasteiger partial charge in [-0.2, -0.15) is 0 Å². The highest BCUT2D eigenvalue weighted by atomic mass is 16.5. The van der Waals surface area contributed by atoms with Gasteiger partial charge in [-0.1, -0.05) is 38.1 Å². The van der Waals surface area contributed by atoms with Crippen molar-refractivity contribution < 1.29 is 9.47 Å². The minimum atomic E-state index is 0.136. The number of nitrogens with one attached hydrogen (secondary N) is 1. The predicted molar refractivity (Wildman–Crippen MR) is 74.5 cm³/mol. The quantitative estimate of drug-likeness (QED) is 0.770. The topological polar surface area (TPSA) is 30.5 Å². The summed E-state index contributed by atoms with van der Waals surface area (Å²) >= 11 is 0. The number of hydrogen-bond acceptors (Lipinski definition) is 3. The highest BCUT2D eigenvalue weighted by molar-refractivity contribution is 5.21. The van der Waals surface area contributed by atoms with Gasteiger partial charge in [-0.15, -0.1) is 0 Å². The average molecular weight is 251 g/mol. The molecule has 1 aromatic rings. The number of ether oxygens (including phenoxy) is 2. The average Bonchev–Trinajstić information content (AvgIpc) is 2.35. The fourth-order valence-electron chi connectivity index (χ4n) is 1.60. The molecule has 0 aliphatic rings. The molecule has 0 amide bonds. The van der Waals surface area contributed by atoms with Crippen molar-refractivity contribution >= 4 is 0 Å². The van der Waals surface area contributed by atoms with Crippen LogP contribution in [-0.4, -0.2) is 25.9 Å². The molecule has 0 aliphatic heterocycles. The van der Waals surface area contributed by atoms with E-state index in [9.17, 15) is 0 Å². The molecular formula is C15H25NO2. The summed E-state index contributed by atoms with van der Waals surface area (Å²) in [6, 6.07) is 9.06. The largest absolute Gasteiger partial charge is 0.382 e. The zero-order chi connectivity index (χ0) is 13.4. The van der Waals surface area contributed by atoms with Gasteiger partial charge in [-0.05, 0) is 18.1 Å². The Morgan fingerprint density at radius 2 is 1.67 bits per heavy atom. The summed E-state index contributed by atoms with van der Waals surface area (Å²) in [5.74, 6) is 0. The first kappa shape index (κ1) is 15.2. The number of rotatable bonds is 8. The lowest BCUT2D eigenvalue weighted by atomic mass is 10.1. The Bertz CT molecular complexity index is 322. The van der Waals surface area contributed by atoms with Crippen LogP contribution in [0, 0.1) is 0 Å². The monoisotopic (exact) mass is 251 g/mol. The smallest absolute Gasteiger partial charge is 0.0784 e. The second-order valence-electron chi connectivity index (χ2n) is 4.93. The van der Waals surface area contributed by atoms with E-state index in [0.29, 0.717) is 19.3 Å². The Kier molecular flexibility index (Phi) is 6.94. The Morgan fingerprint density at radius 3 is 2.22 bits per heavy atom. The molecule has 1 N–H and O–H groups in total. The summed E-state index contributed by atoms with van der Waals surface area (Å²) in [4.78, 5) is 0. The van der Waals surface area contributed by atoms with Gasteiger partial charge >= 0.3 is 0 Å². The van der Waals surface area contributed by atoms with Crippen LogP contribution in [0.25, 0.3) is 0 Å². The van der Waals surface area contributed by atoms with Crippen LogP contribution >= 0.6 is 0 Å². The first-order valence-corrected chi connectivity index (χ1v) is 6.53. The van der Waals surface area contributed by atoms with E-state index in [4.69, 9.17) is 9.47 Å². The van der Waals surface area contributed by atoms with Crippen LogP contribution in [0.1, 0.15) is 31.9 Å². The number of benzene rings is 1. The molecule has 0 spiro atoms. The van der Waals surface area contributed by atoms with Crippen LogP contribution in [0.15, 0.2) is 24.3 Å². The predicted octanol–water partition coefficient (Wildman–Crippen LogP) is 2.74. The Hall–Kier alpha value is -0.900. The molecule has 0 aromatic heterocycles. The number of methoxy groups -OCH3 is 1. The van der Waals surface area contributed by atoms with Crippen molar-refractivity contribution in [2.45, 2.75) is 46.1 Å². The van der Waals surface area contributed by atoms with Crippen molar-refractivity contribution in [2.75, 3.05) is 13.7 Å². The van der Waals surface area contributed by atoms with Gasteiger partial charge in [0.25, 0.3) is 0 Å². The lowest BCUT2D eigenvalue weighted by Crippen LogP contribution is -2.21. The molecule has 18 heavy (non-hydrogen) atoms. The van der Waals surface area contributed by atoms with Crippen molar-refractivity contribution in [1.29, 1.82) is 0 Å². The van der Waals surface area contributed by atoms with Crippen molar-refractivity contribution in [3.05, 3.63) is 35.4 Å². The lowest BCUT2D eigenvalue weighted by Gasteiger charge is -2.12. The Labute approximate surface area is 110 Å². The fourth-order valence-corrected chi connectivity index (χ4v) is 1.60. The molecule has 1 aromatic carbocycles. The Morgan fingerprint density at radius 1 is 1.06 bits per heavy atom. The minimum absolute atomic E-state index is 0.136. The highest BCUT2D eigenvalue weighted by Crippen LogP contribution is 2.07. The summed E-state index contributed by atoms with van der Waals surface area (Å²) in [6.07, 6.45) is 0.136. The van der Waals surface area contributed by atoms with E-state index >= 15 is 0 Å². The second kappa shape index (κ2) is 8.25. The van der Waals surface area contributed by atoms with Gasteiger partial charge < -0.3 is 14.8 Å². The molecule has 3 nitrogen and oxygen atoms in total. The van der Waals surface area contributed by atoms with E-state index < -0.39 is 0 Å². The maximum absolute atomic E-state index is 5.67. The first-order valence-electron chi connectivity index (χ1n) is 6.53. The van der Waals surface area contributed by atoms with E-state index in [-0.39, 0.29) is 6.10 Å². The summed E-state index contributed by atoms with van der Waals surface area (Å²) < 4.78 is 10.7. The van der Waals surface area contributed by atoms with Gasteiger partial charge in [0.15, 0.2) is 0 Å². The maximum atomic E-state index is 5.67. The maximum Gasteiger partial charge on any atom is 0.0784 e. The van der Waals surface area contributed by atoms with Crippen molar-refractivity contribution in [1.82, 2.24) is 5.32 Å². The Balaban J connectivity index is 2.35. The summed E-state index contributed by atoms with van der Waals surface area (Å²) in [6.45, 7) is 8.51. The van der Waals surface area contributed by atoms with Gasteiger partial charge in [0, 0.05) is 19.7 Å². The van der Waals surface area contributed by atoms with Crippen molar-refractivity contribution in [2.24, 2.45) is 0 Å². The second-order valence-corrected chi connectivity index (χ2v) is 4.93. The van der Waals surface area contributed by atoms with Crippen LogP contribution in [0.5, 0.6) is 0 Å². The van der Waals surface area contributed by atoms with E-state index in [1.54, 1.807) is 7.11 Å². The van der Waals surface area contributed by atoms with E-state index in [1.807, 2.05) is 6.92 Å². The summed E-state index contributed by atoms with van der Waals surface area (Å²) in [5.41, 5.74) is 2.50. The third kappa shape index (κ3) is 6.15. The van der Waals surface area contributed by atoms with Crippen LogP contribution < -0.4 is 5.32 Å². The molecular weight excluding hydrogens is 226 g/mol. The molecule has 1 atom stereocenters. The molecule has 0 fully saturated rings. The zero-order valence-corrected chi connectivity index (χ0v) is 11.9. The molecule has 1 rings (SSSR count). The molecule has 0 saturated carbocycles. The third-order valence-electron chi connectivity index (χ3n) is 2.67. The molecule has 3 heteroatoms. The number of hydrogen-bond donors (Lipinski definition) is 1. The van der Waals surface area contributed by atoms with Gasteiger partial charge in [0.1, 0.15) is 0 Å². The van der Waals surface area contributed by atoms with Gasteiger partial charge in [-0.25, -0.2) is 0 Å². The zero-order valence-electron chi connectivity index (χ0n) is 11.9. The highest BCUT2D eigenvalue weighted by Gasteiger charge is 2.02. The van der Waals surface area contributed by atoms with Crippen LogP contribution in [0.4, 0.5) is 0 Å². The van der Waals surface area contributed by atoms with E-state index in [2.05, 4.69) is 43.4 Å². The molecule has 1 unspecified atom stereocenters. The van der Waals surface area contributed by atoms with E-state index in [0.717, 1.165) is 6.54 Å². The van der Waals surface area contributed by atoms with Gasteiger partial charge in [0.05, 0.1) is 19.3 Å². The van der Waals surface area contributed by atoms with Crippen molar-refractivity contribution in [3.8, 4) is 0 Å². The van der Waals surface area contributed by atoms with Crippen molar-refractivity contribution in [3.63, 3.8) is 0 Å². The van der Waals surface area contributed by atoms with Crippen LogP contribution in [-0.2, 0) is 22.6 Å². The molecule has 0 radical (unpaired) electrons. The molecule has 0 saturated heterocycles. The van der Waals surface area contributed by atoms with Gasteiger partial charge in [-0.3, -0.25) is 0 Å².